The van der Waals surface area contributed by atoms with Gasteiger partial charge in [-0.25, -0.2) is 10.8 Å². The lowest BCUT2D eigenvalue weighted by Gasteiger charge is -2.10. The standard InChI is InChI=1S/C14H14BrN3/c1-10-12(8-5-9-13(10)15)14(18-16)17-11-6-3-2-4-7-11/h2-9H,16H2,1H3,(H,17,18). The maximum atomic E-state index is 5.58. The lowest BCUT2D eigenvalue weighted by Crippen LogP contribution is -2.31. The third-order valence-corrected chi connectivity index (χ3v) is 3.52. The molecule has 0 spiro atoms. The maximum absolute atomic E-state index is 5.58. The highest BCUT2D eigenvalue weighted by atomic mass is 79.9. The topological polar surface area (TPSA) is 50.4 Å². The molecule has 0 aliphatic rings. The number of nitrogens with two attached hydrogens (primary N) is 1. The second kappa shape index (κ2) is 5.80. The highest BCUT2D eigenvalue weighted by Crippen LogP contribution is 2.21. The summed E-state index contributed by atoms with van der Waals surface area (Å²) in [6, 6.07) is 15.7. The summed E-state index contributed by atoms with van der Waals surface area (Å²) < 4.78 is 1.04. The number of nitrogens with one attached hydrogen (secondary N) is 1. The number of aliphatic imine (C=N–C) groups is 1. The van der Waals surface area contributed by atoms with Crippen molar-refractivity contribution in [1.29, 1.82) is 0 Å². The van der Waals surface area contributed by atoms with Crippen molar-refractivity contribution in [3.63, 3.8) is 0 Å². The fourth-order valence-electron chi connectivity index (χ4n) is 1.67. The summed E-state index contributed by atoms with van der Waals surface area (Å²) in [5.74, 6) is 6.23. The minimum atomic E-state index is 0.653. The van der Waals surface area contributed by atoms with Crippen molar-refractivity contribution in [2.75, 3.05) is 0 Å². The monoisotopic (exact) mass is 303 g/mol. The van der Waals surface area contributed by atoms with Gasteiger partial charge < -0.3 is 5.43 Å². The summed E-state index contributed by atoms with van der Waals surface area (Å²) in [7, 11) is 0. The Balaban J connectivity index is 2.46. The zero-order valence-corrected chi connectivity index (χ0v) is 11.6. The predicted octanol–water partition coefficient (Wildman–Crippen LogP) is 3.30. The fraction of sp³-hybridized carbons (Fsp3) is 0.0714. The van der Waals surface area contributed by atoms with Crippen molar-refractivity contribution in [3.8, 4) is 0 Å². The highest BCUT2D eigenvalue weighted by Gasteiger charge is 2.07. The quantitative estimate of drug-likeness (QED) is 0.387. The van der Waals surface area contributed by atoms with Gasteiger partial charge in [-0.3, -0.25) is 0 Å². The molecule has 2 rings (SSSR count). The molecule has 0 aliphatic heterocycles. The maximum Gasteiger partial charge on any atom is 0.148 e. The van der Waals surface area contributed by atoms with Gasteiger partial charge in [0.1, 0.15) is 5.84 Å². The van der Waals surface area contributed by atoms with Crippen LogP contribution in [-0.2, 0) is 0 Å². The van der Waals surface area contributed by atoms with Crippen LogP contribution in [0.15, 0.2) is 58.0 Å². The van der Waals surface area contributed by atoms with Gasteiger partial charge in [0.05, 0.1) is 5.69 Å². The van der Waals surface area contributed by atoms with E-state index in [0.29, 0.717) is 5.84 Å². The molecule has 0 radical (unpaired) electrons. The van der Waals surface area contributed by atoms with Gasteiger partial charge in [0.2, 0.25) is 0 Å². The van der Waals surface area contributed by atoms with E-state index in [1.54, 1.807) is 0 Å². The van der Waals surface area contributed by atoms with Gasteiger partial charge >= 0.3 is 0 Å². The molecule has 0 aliphatic carbocycles. The summed E-state index contributed by atoms with van der Waals surface area (Å²) in [4.78, 5) is 4.51. The number of para-hydroxylation sites is 1. The van der Waals surface area contributed by atoms with Gasteiger partial charge in [0.15, 0.2) is 0 Å². The third-order valence-electron chi connectivity index (χ3n) is 2.66. The van der Waals surface area contributed by atoms with Crippen LogP contribution in [0, 0.1) is 6.92 Å². The smallest absolute Gasteiger partial charge is 0.148 e. The number of nitrogens with zero attached hydrogens (tertiary/aromatic N) is 1. The Labute approximate surface area is 115 Å². The van der Waals surface area contributed by atoms with Crippen LogP contribution in [0.3, 0.4) is 0 Å². The van der Waals surface area contributed by atoms with Crippen LogP contribution in [0.5, 0.6) is 0 Å². The Hall–Kier alpha value is -1.65. The van der Waals surface area contributed by atoms with E-state index in [2.05, 4.69) is 26.3 Å². The van der Waals surface area contributed by atoms with Gasteiger partial charge in [-0.1, -0.05) is 46.3 Å². The Bertz CT molecular complexity index is 565. The van der Waals surface area contributed by atoms with Gasteiger partial charge in [-0.2, -0.15) is 0 Å². The molecule has 92 valence electrons. The molecule has 0 aromatic heterocycles. The van der Waals surface area contributed by atoms with E-state index in [0.717, 1.165) is 21.3 Å². The average Bonchev–Trinajstić information content (AvgIpc) is 2.41. The molecular weight excluding hydrogens is 290 g/mol. The molecule has 0 fully saturated rings. The van der Waals surface area contributed by atoms with Gasteiger partial charge in [0.25, 0.3) is 0 Å². The molecule has 0 saturated heterocycles. The molecule has 4 heteroatoms. The van der Waals surface area contributed by atoms with Crippen LogP contribution in [-0.4, -0.2) is 5.84 Å². The second-order valence-electron chi connectivity index (χ2n) is 3.85. The number of halogens is 1. The Morgan fingerprint density at radius 2 is 1.83 bits per heavy atom. The van der Waals surface area contributed by atoms with E-state index >= 15 is 0 Å². The molecule has 18 heavy (non-hydrogen) atoms. The van der Waals surface area contributed by atoms with Crippen molar-refractivity contribution in [2.45, 2.75) is 6.92 Å². The summed E-state index contributed by atoms with van der Waals surface area (Å²) in [5, 5.41) is 0. The first-order valence-corrected chi connectivity index (χ1v) is 6.37. The lowest BCUT2D eigenvalue weighted by molar-refractivity contribution is 1.02. The highest BCUT2D eigenvalue weighted by molar-refractivity contribution is 9.10. The van der Waals surface area contributed by atoms with Crippen LogP contribution in [0.2, 0.25) is 0 Å². The summed E-state index contributed by atoms with van der Waals surface area (Å²) in [5.41, 5.74) is 5.61. The number of benzene rings is 2. The van der Waals surface area contributed by atoms with Gasteiger partial charge in [-0.15, -0.1) is 0 Å². The molecule has 2 aromatic carbocycles. The van der Waals surface area contributed by atoms with E-state index < -0.39 is 0 Å². The summed E-state index contributed by atoms with van der Waals surface area (Å²) in [6.45, 7) is 2.03. The Kier molecular flexibility index (Phi) is 4.12. The van der Waals surface area contributed by atoms with Crippen molar-refractivity contribution in [1.82, 2.24) is 5.43 Å². The molecule has 0 unspecified atom stereocenters. The Morgan fingerprint density at radius 3 is 2.50 bits per heavy atom. The summed E-state index contributed by atoms with van der Waals surface area (Å²) >= 11 is 3.51. The fourth-order valence-corrected chi connectivity index (χ4v) is 2.03. The molecule has 0 saturated carbocycles. The molecular formula is C14H14BrN3. The van der Waals surface area contributed by atoms with E-state index in [9.17, 15) is 0 Å². The summed E-state index contributed by atoms with van der Waals surface area (Å²) in [6.07, 6.45) is 0. The normalized spacial score (nSPS) is 11.4. The van der Waals surface area contributed by atoms with E-state index in [-0.39, 0.29) is 0 Å². The minimum Gasteiger partial charge on any atom is -0.308 e. The van der Waals surface area contributed by atoms with E-state index in [4.69, 9.17) is 5.84 Å². The number of hydrogen-bond donors (Lipinski definition) is 2. The van der Waals surface area contributed by atoms with Crippen LogP contribution in [0.25, 0.3) is 0 Å². The van der Waals surface area contributed by atoms with Crippen LogP contribution < -0.4 is 11.3 Å². The second-order valence-corrected chi connectivity index (χ2v) is 4.71. The SMILES string of the molecule is Cc1c(Br)cccc1C(=Nc1ccccc1)NN. The van der Waals surface area contributed by atoms with Crippen molar-refractivity contribution in [3.05, 3.63) is 64.1 Å². The van der Waals surface area contributed by atoms with E-state index in [1.165, 1.54) is 0 Å². The number of hydrogen-bond acceptors (Lipinski definition) is 2. The zero-order chi connectivity index (χ0) is 13.0. The van der Waals surface area contributed by atoms with Crippen molar-refractivity contribution in [2.24, 2.45) is 10.8 Å². The van der Waals surface area contributed by atoms with Crippen LogP contribution in [0.1, 0.15) is 11.1 Å². The zero-order valence-electron chi connectivity index (χ0n) is 10.0. The minimum absolute atomic E-state index is 0.653. The average molecular weight is 304 g/mol. The third kappa shape index (κ3) is 2.78. The first-order chi connectivity index (χ1) is 8.72. The first-order valence-electron chi connectivity index (χ1n) is 5.58. The Morgan fingerprint density at radius 1 is 1.11 bits per heavy atom. The van der Waals surface area contributed by atoms with Crippen LogP contribution in [0.4, 0.5) is 5.69 Å². The lowest BCUT2D eigenvalue weighted by atomic mass is 10.1. The molecule has 0 amide bonds. The number of rotatable bonds is 2. The van der Waals surface area contributed by atoms with Crippen molar-refractivity contribution < 1.29 is 0 Å². The molecule has 0 atom stereocenters. The van der Waals surface area contributed by atoms with Gasteiger partial charge in [-0.05, 0) is 30.7 Å². The number of hydrazine groups is 1. The van der Waals surface area contributed by atoms with Crippen LogP contribution >= 0.6 is 15.9 Å². The molecule has 3 nitrogen and oxygen atoms in total. The molecule has 0 bridgehead atoms. The largest absolute Gasteiger partial charge is 0.308 e. The first kappa shape index (κ1) is 12.8. The van der Waals surface area contributed by atoms with E-state index in [1.807, 2.05) is 55.5 Å². The number of amidine groups is 1. The molecule has 3 N–H and O–H groups in total. The predicted molar refractivity (Wildman–Crippen MR) is 78.8 cm³/mol. The molecule has 0 heterocycles. The van der Waals surface area contributed by atoms with Crippen molar-refractivity contribution >= 4 is 27.5 Å². The molecule has 2 aromatic rings. The van der Waals surface area contributed by atoms with Gasteiger partial charge in [0, 0.05) is 10.0 Å².